The number of hydrogen-bond acceptors (Lipinski definition) is 3. The van der Waals surface area contributed by atoms with Crippen molar-refractivity contribution in [2.24, 2.45) is 0 Å². The van der Waals surface area contributed by atoms with Gasteiger partial charge in [-0.1, -0.05) is 51.1 Å². The fourth-order valence-electron chi connectivity index (χ4n) is 4.15. The summed E-state index contributed by atoms with van der Waals surface area (Å²) in [4.78, 5) is 17.8. The number of allylic oxidation sites excluding steroid dienone is 6. The topological polar surface area (TPSA) is 32.8 Å². The van der Waals surface area contributed by atoms with Gasteiger partial charge in [-0.05, 0) is 48.7 Å². The summed E-state index contributed by atoms with van der Waals surface area (Å²) in [5.41, 5.74) is 4.12. The maximum Gasteiger partial charge on any atom is 0.257 e. The van der Waals surface area contributed by atoms with E-state index >= 15 is 0 Å². The van der Waals surface area contributed by atoms with Crippen LogP contribution < -0.4 is 4.74 Å². The first-order valence-electron chi connectivity index (χ1n) is 10.8. The molecular formula is C25H35N2O2P. The second-order valence-electron chi connectivity index (χ2n) is 8.77. The van der Waals surface area contributed by atoms with E-state index in [0.29, 0.717) is 11.3 Å². The van der Waals surface area contributed by atoms with Gasteiger partial charge < -0.3 is 9.64 Å². The third-order valence-corrected chi connectivity index (χ3v) is 6.38. The predicted molar refractivity (Wildman–Crippen MR) is 129 cm³/mol. The fourth-order valence-corrected chi connectivity index (χ4v) is 4.37. The van der Waals surface area contributed by atoms with Crippen LogP contribution in [0.2, 0.25) is 0 Å². The summed E-state index contributed by atoms with van der Waals surface area (Å²) < 4.78 is 5.56. The van der Waals surface area contributed by atoms with E-state index in [1.54, 1.807) is 7.11 Å². The van der Waals surface area contributed by atoms with Gasteiger partial charge in [-0.15, -0.1) is 9.24 Å². The highest BCUT2D eigenvalue weighted by Gasteiger charge is 2.29. The molecule has 1 aromatic carbocycles. The molecule has 2 atom stereocenters. The van der Waals surface area contributed by atoms with Crippen molar-refractivity contribution in [1.82, 2.24) is 9.80 Å². The summed E-state index contributed by atoms with van der Waals surface area (Å²) in [6.07, 6.45) is 9.70. The number of rotatable bonds is 5. The van der Waals surface area contributed by atoms with Crippen molar-refractivity contribution in [2.75, 3.05) is 33.3 Å². The summed E-state index contributed by atoms with van der Waals surface area (Å²) in [7, 11) is 4.54. The smallest absolute Gasteiger partial charge is 0.257 e. The maximum atomic E-state index is 13.4. The summed E-state index contributed by atoms with van der Waals surface area (Å²) in [6, 6.07) is 6.14. The summed E-state index contributed by atoms with van der Waals surface area (Å²) in [5, 5.41) is 0.0393. The quantitative estimate of drug-likeness (QED) is 0.635. The van der Waals surface area contributed by atoms with Gasteiger partial charge in [0.05, 0.1) is 12.7 Å². The van der Waals surface area contributed by atoms with Gasteiger partial charge in [-0.25, -0.2) is 0 Å². The zero-order valence-corrected chi connectivity index (χ0v) is 20.1. The van der Waals surface area contributed by atoms with Gasteiger partial charge in [0, 0.05) is 30.8 Å². The standard InChI is InChI=1S/C25H35N2O2P/c1-6-26-14-15-27(18(2)17-26)24(28)22-16-20(11-13-23(22)29-5)19-8-7-9-21(12-10-19)25(3,4)30/h8-13,16,18H,6-7,14-15,17,30H2,1-5H3/t18-/m1/s1. The molecule has 1 aliphatic heterocycles. The van der Waals surface area contributed by atoms with Crippen molar-refractivity contribution < 1.29 is 9.53 Å². The van der Waals surface area contributed by atoms with Crippen molar-refractivity contribution in [3.63, 3.8) is 0 Å². The molecule has 0 N–H and O–H groups in total. The minimum atomic E-state index is 0.0393. The number of amides is 1. The molecule has 1 aliphatic carbocycles. The molecule has 1 unspecified atom stereocenters. The molecule has 0 bridgehead atoms. The summed E-state index contributed by atoms with van der Waals surface area (Å²) in [5.74, 6) is 0.692. The van der Waals surface area contributed by atoms with Crippen molar-refractivity contribution in [1.29, 1.82) is 0 Å². The van der Waals surface area contributed by atoms with Crippen molar-refractivity contribution in [2.45, 2.75) is 45.3 Å². The molecule has 0 saturated carbocycles. The first-order chi connectivity index (χ1) is 14.2. The molecule has 5 heteroatoms. The second-order valence-corrected chi connectivity index (χ2v) is 10.2. The lowest BCUT2D eigenvalue weighted by Gasteiger charge is -2.39. The van der Waals surface area contributed by atoms with E-state index < -0.39 is 0 Å². The maximum absolute atomic E-state index is 13.4. The molecule has 1 amide bonds. The minimum absolute atomic E-state index is 0.0393. The molecule has 162 valence electrons. The van der Waals surface area contributed by atoms with E-state index in [1.807, 2.05) is 23.1 Å². The van der Waals surface area contributed by atoms with Crippen LogP contribution in [0.4, 0.5) is 0 Å². The molecule has 0 aromatic heterocycles. The molecule has 1 heterocycles. The second kappa shape index (κ2) is 9.49. The van der Waals surface area contributed by atoms with Gasteiger partial charge >= 0.3 is 0 Å². The fraction of sp³-hybridized carbons (Fsp3) is 0.480. The Morgan fingerprint density at radius 2 is 2.00 bits per heavy atom. The first-order valence-corrected chi connectivity index (χ1v) is 11.4. The number of hydrogen-bond donors (Lipinski definition) is 0. The third kappa shape index (κ3) is 5.04. The summed E-state index contributed by atoms with van der Waals surface area (Å²) >= 11 is 0. The number of nitrogens with zero attached hydrogens (tertiary/aromatic N) is 2. The summed E-state index contributed by atoms with van der Waals surface area (Å²) in [6.45, 7) is 12.3. The number of methoxy groups -OCH3 is 1. The molecule has 4 nitrogen and oxygen atoms in total. The largest absolute Gasteiger partial charge is 0.496 e. The molecule has 1 aromatic rings. The lowest BCUT2D eigenvalue weighted by Crippen LogP contribution is -2.53. The number of piperazine rings is 1. The van der Waals surface area contributed by atoms with E-state index in [-0.39, 0.29) is 17.1 Å². The van der Waals surface area contributed by atoms with E-state index in [2.05, 4.69) is 66.1 Å². The van der Waals surface area contributed by atoms with Gasteiger partial charge in [0.25, 0.3) is 5.91 Å². The predicted octanol–water partition coefficient (Wildman–Crippen LogP) is 4.78. The molecule has 0 radical (unpaired) electrons. The molecule has 1 fully saturated rings. The van der Waals surface area contributed by atoms with Gasteiger partial charge in [0.2, 0.25) is 0 Å². The Morgan fingerprint density at radius 1 is 1.23 bits per heavy atom. The third-order valence-electron chi connectivity index (χ3n) is 6.04. The van der Waals surface area contributed by atoms with Crippen LogP contribution in [-0.2, 0) is 0 Å². The van der Waals surface area contributed by atoms with Crippen LogP contribution in [0.15, 0.2) is 48.1 Å². The van der Waals surface area contributed by atoms with Crippen LogP contribution in [-0.4, -0.2) is 60.2 Å². The Hall–Kier alpha value is -1.90. The van der Waals surface area contributed by atoms with Crippen LogP contribution in [0.3, 0.4) is 0 Å². The first kappa shape index (κ1) is 22.8. The Morgan fingerprint density at radius 3 is 2.63 bits per heavy atom. The van der Waals surface area contributed by atoms with E-state index in [9.17, 15) is 4.79 Å². The van der Waals surface area contributed by atoms with Gasteiger partial charge in [0.1, 0.15) is 5.75 Å². The number of ether oxygens (including phenoxy) is 1. The molecule has 30 heavy (non-hydrogen) atoms. The Labute approximate surface area is 183 Å². The lowest BCUT2D eigenvalue weighted by atomic mass is 9.99. The average Bonchev–Trinajstić information content (AvgIpc) is 2.99. The normalized spacial score (nSPS) is 20.5. The van der Waals surface area contributed by atoms with Crippen LogP contribution in [0, 0.1) is 0 Å². The van der Waals surface area contributed by atoms with Crippen molar-refractivity contribution in [3.8, 4) is 5.75 Å². The van der Waals surface area contributed by atoms with Crippen LogP contribution in [0.25, 0.3) is 5.57 Å². The molecule has 3 rings (SSSR count). The number of carbonyl (C=O) groups excluding carboxylic acids is 1. The van der Waals surface area contributed by atoms with Crippen molar-refractivity contribution in [3.05, 3.63) is 59.2 Å². The molecule has 1 saturated heterocycles. The lowest BCUT2D eigenvalue weighted by molar-refractivity contribution is 0.0496. The number of likely N-dealkylation sites (N-methyl/N-ethyl adjacent to an activating group) is 1. The van der Waals surface area contributed by atoms with E-state index in [0.717, 1.165) is 43.7 Å². The zero-order valence-electron chi connectivity index (χ0n) is 18.9. The zero-order chi connectivity index (χ0) is 21.9. The van der Waals surface area contributed by atoms with E-state index in [4.69, 9.17) is 4.74 Å². The van der Waals surface area contributed by atoms with Gasteiger partial charge in [-0.2, -0.15) is 0 Å². The van der Waals surface area contributed by atoms with Crippen LogP contribution in [0.1, 0.15) is 50.0 Å². The van der Waals surface area contributed by atoms with Gasteiger partial charge in [0.15, 0.2) is 0 Å². The van der Waals surface area contributed by atoms with Crippen LogP contribution in [0.5, 0.6) is 5.75 Å². The number of carbonyl (C=O) groups is 1. The van der Waals surface area contributed by atoms with Crippen molar-refractivity contribution >= 4 is 20.7 Å². The molecule has 0 spiro atoms. The van der Waals surface area contributed by atoms with Crippen LogP contribution >= 0.6 is 9.24 Å². The highest BCUT2D eigenvalue weighted by atomic mass is 31.0. The van der Waals surface area contributed by atoms with Gasteiger partial charge in [-0.3, -0.25) is 9.69 Å². The Bertz CT molecular complexity index is 880. The monoisotopic (exact) mass is 426 g/mol. The Balaban J connectivity index is 1.88. The molecule has 2 aliphatic rings. The Kier molecular flexibility index (Phi) is 7.21. The average molecular weight is 427 g/mol. The SMILES string of the molecule is CCN1CCN(C(=O)c2cc(C3=CCC=C(C(C)(C)P)C=C3)ccc2OC)[C@H](C)C1. The highest BCUT2D eigenvalue weighted by molar-refractivity contribution is 7.19. The minimum Gasteiger partial charge on any atom is -0.496 e. The van der Waals surface area contributed by atoms with E-state index in [1.165, 1.54) is 5.57 Å². The molecular weight excluding hydrogens is 391 g/mol. The number of benzene rings is 1. The highest BCUT2D eigenvalue weighted by Crippen LogP contribution is 2.32.